The Morgan fingerprint density at radius 1 is 1.05 bits per heavy atom. The van der Waals surface area contributed by atoms with Gasteiger partial charge in [0.1, 0.15) is 5.75 Å². The molecule has 5 nitrogen and oxygen atoms in total. The molecule has 118 valence electrons. The predicted octanol–water partition coefficient (Wildman–Crippen LogP) is 2.37. The van der Waals surface area contributed by atoms with Crippen molar-refractivity contribution in [1.29, 1.82) is 0 Å². The van der Waals surface area contributed by atoms with E-state index < -0.39 is 0 Å². The minimum Gasteiger partial charge on any atom is -0.496 e. The van der Waals surface area contributed by atoms with Gasteiger partial charge >= 0.3 is 0 Å². The van der Waals surface area contributed by atoms with E-state index >= 15 is 0 Å². The van der Waals surface area contributed by atoms with E-state index in [0.29, 0.717) is 24.1 Å². The maximum absolute atomic E-state index is 5.72. The van der Waals surface area contributed by atoms with Crippen molar-refractivity contribution in [1.82, 2.24) is 5.32 Å². The van der Waals surface area contributed by atoms with Gasteiger partial charge in [0.05, 0.1) is 27.4 Å². The van der Waals surface area contributed by atoms with E-state index in [1.807, 2.05) is 12.1 Å². The Labute approximate surface area is 126 Å². The van der Waals surface area contributed by atoms with Crippen molar-refractivity contribution in [2.75, 3.05) is 34.5 Å². The van der Waals surface area contributed by atoms with Crippen molar-refractivity contribution in [3.8, 4) is 17.2 Å². The number of hydrogen-bond acceptors (Lipinski definition) is 5. The second-order valence-corrected chi connectivity index (χ2v) is 5.14. The van der Waals surface area contributed by atoms with Gasteiger partial charge in [-0.1, -0.05) is 0 Å². The lowest BCUT2D eigenvalue weighted by Crippen LogP contribution is -2.31. The number of methoxy groups -OCH3 is 3. The SMILES string of the molecule is COc1cc(OC)c(OC)cc1CNCC1CCCCO1. The van der Waals surface area contributed by atoms with Crippen LogP contribution in [0.3, 0.4) is 0 Å². The Morgan fingerprint density at radius 3 is 2.38 bits per heavy atom. The lowest BCUT2D eigenvalue weighted by molar-refractivity contribution is 0.0167. The Bertz CT molecular complexity index is 444. The number of nitrogens with one attached hydrogen (secondary N) is 1. The molecule has 0 aromatic heterocycles. The van der Waals surface area contributed by atoms with Crippen molar-refractivity contribution < 1.29 is 18.9 Å². The third kappa shape index (κ3) is 4.25. The smallest absolute Gasteiger partial charge is 0.164 e. The largest absolute Gasteiger partial charge is 0.496 e. The summed E-state index contributed by atoms with van der Waals surface area (Å²) in [6, 6.07) is 3.80. The van der Waals surface area contributed by atoms with Gasteiger partial charge in [0.25, 0.3) is 0 Å². The zero-order valence-electron chi connectivity index (χ0n) is 13.1. The standard InChI is InChI=1S/C16H25NO4/c1-18-14-9-16(20-3)15(19-2)8-12(14)10-17-11-13-6-4-5-7-21-13/h8-9,13,17H,4-7,10-11H2,1-3H3. The zero-order valence-corrected chi connectivity index (χ0v) is 13.1. The van der Waals surface area contributed by atoms with Gasteiger partial charge < -0.3 is 24.3 Å². The fourth-order valence-electron chi connectivity index (χ4n) is 2.57. The maximum atomic E-state index is 5.72. The summed E-state index contributed by atoms with van der Waals surface area (Å²) >= 11 is 0. The summed E-state index contributed by atoms with van der Waals surface area (Å²) in [6.45, 7) is 2.45. The molecule has 1 saturated heterocycles. The van der Waals surface area contributed by atoms with E-state index in [9.17, 15) is 0 Å². The molecule has 1 aliphatic heterocycles. The number of rotatable bonds is 7. The lowest BCUT2D eigenvalue weighted by Gasteiger charge is -2.23. The summed E-state index contributed by atoms with van der Waals surface area (Å²) in [7, 11) is 4.92. The molecule has 1 aromatic rings. The van der Waals surface area contributed by atoms with Gasteiger partial charge in [-0.15, -0.1) is 0 Å². The van der Waals surface area contributed by atoms with E-state index in [0.717, 1.165) is 30.9 Å². The molecule has 0 aliphatic carbocycles. The molecule has 2 rings (SSSR count). The second-order valence-electron chi connectivity index (χ2n) is 5.14. The summed E-state index contributed by atoms with van der Waals surface area (Å²) in [5, 5.41) is 3.43. The molecule has 1 atom stereocenters. The number of ether oxygens (including phenoxy) is 4. The average molecular weight is 295 g/mol. The van der Waals surface area contributed by atoms with Crippen LogP contribution in [-0.2, 0) is 11.3 Å². The fraction of sp³-hybridized carbons (Fsp3) is 0.625. The summed E-state index contributed by atoms with van der Waals surface area (Å²) < 4.78 is 21.8. The second kappa shape index (κ2) is 8.10. The van der Waals surface area contributed by atoms with E-state index in [-0.39, 0.29) is 0 Å². The Balaban J connectivity index is 1.97. The van der Waals surface area contributed by atoms with Crippen LogP contribution in [0.2, 0.25) is 0 Å². The Kier molecular flexibility index (Phi) is 6.14. The van der Waals surface area contributed by atoms with Gasteiger partial charge in [0.2, 0.25) is 0 Å². The highest BCUT2D eigenvalue weighted by atomic mass is 16.5. The first-order valence-corrected chi connectivity index (χ1v) is 7.39. The van der Waals surface area contributed by atoms with Crippen molar-refractivity contribution in [3.05, 3.63) is 17.7 Å². The molecule has 1 fully saturated rings. The van der Waals surface area contributed by atoms with Crippen LogP contribution in [0.25, 0.3) is 0 Å². The van der Waals surface area contributed by atoms with Crippen LogP contribution in [0.15, 0.2) is 12.1 Å². The third-order valence-electron chi connectivity index (χ3n) is 3.75. The zero-order chi connectivity index (χ0) is 15.1. The molecule has 0 saturated carbocycles. The minimum absolute atomic E-state index is 0.324. The molecule has 0 amide bonds. The van der Waals surface area contributed by atoms with E-state index in [1.54, 1.807) is 21.3 Å². The topological polar surface area (TPSA) is 49.0 Å². The molecular formula is C16H25NO4. The molecular weight excluding hydrogens is 270 g/mol. The molecule has 1 N–H and O–H groups in total. The monoisotopic (exact) mass is 295 g/mol. The Hall–Kier alpha value is -1.46. The first-order valence-electron chi connectivity index (χ1n) is 7.39. The molecule has 0 radical (unpaired) electrons. The normalized spacial score (nSPS) is 18.3. The third-order valence-corrected chi connectivity index (χ3v) is 3.75. The quantitative estimate of drug-likeness (QED) is 0.837. The highest BCUT2D eigenvalue weighted by Crippen LogP contribution is 2.34. The van der Waals surface area contributed by atoms with E-state index in [1.165, 1.54) is 12.8 Å². The number of hydrogen-bond donors (Lipinski definition) is 1. The van der Waals surface area contributed by atoms with Crippen LogP contribution < -0.4 is 19.5 Å². The summed E-state index contributed by atoms with van der Waals surface area (Å²) in [4.78, 5) is 0. The average Bonchev–Trinajstić information content (AvgIpc) is 2.55. The van der Waals surface area contributed by atoms with Crippen LogP contribution in [0.5, 0.6) is 17.2 Å². The highest BCUT2D eigenvalue weighted by Gasteiger charge is 2.15. The van der Waals surface area contributed by atoms with Gasteiger partial charge in [-0.05, 0) is 25.3 Å². The van der Waals surface area contributed by atoms with Crippen LogP contribution >= 0.6 is 0 Å². The van der Waals surface area contributed by atoms with Crippen molar-refractivity contribution >= 4 is 0 Å². The highest BCUT2D eigenvalue weighted by molar-refractivity contribution is 5.50. The maximum Gasteiger partial charge on any atom is 0.164 e. The molecule has 1 aromatic carbocycles. The molecule has 5 heteroatoms. The lowest BCUT2D eigenvalue weighted by atomic mass is 10.1. The van der Waals surface area contributed by atoms with Crippen molar-refractivity contribution in [3.63, 3.8) is 0 Å². The minimum atomic E-state index is 0.324. The van der Waals surface area contributed by atoms with Crippen LogP contribution in [0, 0.1) is 0 Å². The van der Waals surface area contributed by atoms with Gasteiger partial charge in [0.15, 0.2) is 11.5 Å². The molecule has 0 bridgehead atoms. The van der Waals surface area contributed by atoms with Gasteiger partial charge in [-0.2, -0.15) is 0 Å². The summed E-state index contributed by atoms with van der Waals surface area (Å²) in [5.41, 5.74) is 1.05. The van der Waals surface area contributed by atoms with Crippen LogP contribution in [0.4, 0.5) is 0 Å². The van der Waals surface area contributed by atoms with Crippen molar-refractivity contribution in [2.45, 2.75) is 31.9 Å². The molecule has 21 heavy (non-hydrogen) atoms. The number of benzene rings is 1. The predicted molar refractivity (Wildman–Crippen MR) is 81.4 cm³/mol. The van der Waals surface area contributed by atoms with Crippen LogP contribution in [0.1, 0.15) is 24.8 Å². The summed E-state index contributed by atoms with van der Waals surface area (Å²) in [5.74, 6) is 2.18. The fourth-order valence-corrected chi connectivity index (χ4v) is 2.57. The molecule has 1 aliphatic rings. The van der Waals surface area contributed by atoms with Crippen LogP contribution in [-0.4, -0.2) is 40.6 Å². The van der Waals surface area contributed by atoms with Gasteiger partial charge in [0, 0.05) is 31.3 Å². The molecule has 0 spiro atoms. The van der Waals surface area contributed by atoms with Gasteiger partial charge in [-0.3, -0.25) is 0 Å². The first-order chi connectivity index (χ1) is 10.3. The van der Waals surface area contributed by atoms with Crippen molar-refractivity contribution in [2.24, 2.45) is 0 Å². The Morgan fingerprint density at radius 2 is 1.76 bits per heavy atom. The molecule has 1 heterocycles. The van der Waals surface area contributed by atoms with Gasteiger partial charge in [-0.25, -0.2) is 0 Å². The van der Waals surface area contributed by atoms with E-state index in [4.69, 9.17) is 18.9 Å². The van der Waals surface area contributed by atoms with E-state index in [2.05, 4.69) is 5.32 Å². The summed E-state index contributed by atoms with van der Waals surface area (Å²) in [6.07, 6.45) is 3.90. The molecule has 1 unspecified atom stereocenters. The first kappa shape index (κ1) is 15.9.